The second-order valence-corrected chi connectivity index (χ2v) is 6.94. The van der Waals surface area contributed by atoms with E-state index in [-0.39, 0.29) is 0 Å². The fourth-order valence-electron chi connectivity index (χ4n) is 4.11. The molecule has 1 aliphatic rings. The lowest BCUT2D eigenvalue weighted by atomic mass is 9.67. The maximum atomic E-state index is 13.7. The molecule has 4 rings (SSSR count). The number of piperidine rings is 1. The molecule has 6 heteroatoms. The monoisotopic (exact) mass is 371 g/mol. The molecule has 0 atom stereocenters. The molecule has 0 saturated carbocycles. The summed E-state index contributed by atoms with van der Waals surface area (Å²) in [5, 5.41) is 10.0. The van der Waals surface area contributed by atoms with Crippen LogP contribution in [0, 0.1) is 0 Å². The number of halogens is 3. The van der Waals surface area contributed by atoms with Gasteiger partial charge in [0.05, 0.1) is 11.8 Å². The molecule has 0 spiro atoms. The summed E-state index contributed by atoms with van der Waals surface area (Å²) < 4.78 is 41.1. The van der Waals surface area contributed by atoms with E-state index in [9.17, 15) is 13.2 Å². The molecule has 2 N–H and O–H groups in total. The van der Waals surface area contributed by atoms with E-state index in [1.807, 2.05) is 24.3 Å². The summed E-state index contributed by atoms with van der Waals surface area (Å²) >= 11 is 0. The summed E-state index contributed by atoms with van der Waals surface area (Å²) in [5.41, 5.74) is 2.05. The number of alkyl halides is 3. The number of aromatic nitrogens is 2. The highest BCUT2D eigenvalue weighted by molar-refractivity contribution is 5.62. The highest BCUT2D eigenvalue weighted by Gasteiger charge is 2.43. The first-order valence-electron chi connectivity index (χ1n) is 8.98. The Morgan fingerprint density at radius 3 is 2.22 bits per heavy atom. The van der Waals surface area contributed by atoms with Crippen LogP contribution < -0.4 is 5.32 Å². The van der Waals surface area contributed by atoms with Crippen molar-refractivity contribution in [1.82, 2.24) is 15.5 Å². The minimum Gasteiger partial charge on any atom is -0.317 e. The van der Waals surface area contributed by atoms with Gasteiger partial charge in [-0.3, -0.25) is 5.10 Å². The second-order valence-electron chi connectivity index (χ2n) is 6.94. The summed E-state index contributed by atoms with van der Waals surface area (Å²) in [5.74, 6) is 0. The third-order valence-corrected chi connectivity index (χ3v) is 5.47. The molecule has 27 heavy (non-hydrogen) atoms. The van der Waals surface area contributed by atoms with Crippen molar-refractivity contribution in [3.05, 3.63) is 77.6 Å². The Kier molecular flexibility index (Phi) is 4.52. The van der Waals surface area contributed by atoms with Gasteiger partial charge < -0.3 is 5.32 Å². The van der Waals surface area contributed by atoms with Crippen molar-refractivity contribution in [3.63, 3.8) is 0 Å². The van der Waals surface area contributed by atoms with Crippen LogP contribution >= 0.6 is 0 Å². The van der Waals surface area contributed by atoms with E-state index in [0.29, 0.717) is 31.5 Å². The Bertz CT molecular complexity index is 893. The zero-order valence-electron chi connectivity index (χ0n) is 14.7. The standard InChI is InChI=1S/C21H20F3N3/c22-21(23,24)19-4-2-1-3-18(19)20(9-11-25-12-10-20)17-7-5-15(6-8-17)16-13-26-27-14-16/h1-8,13-14,25H,9-12H2,(H,26,27). The van der Waals surface area contributed by atoms with E-state index in [1.54, 1.807) is 24.5 Å². The van der Waals surface area contributed by atoms with Crippen LogP contribution in [0.1, 0.15) is 29.5 Å². The lowest BCUT2D eigenvalue weighted by Gasteiger charge is -2.40. The number of rotatable bonds is 3. The van der Waals surface area contributed by atoms with Crippen molar-refractivity contribution in [1.29, 1.82) is 0 Å². The van der Waals surface area contributed by atoms with Crippen LogP contribution in [-0.4, -0.2) is 23.3 Å². The van der Waals surface area contributed by atoms with Gasteiger partial charge in [0, 0.05) is 17.2 Å². The lowest BCUT2D eigenvalue weighted by molar-refractivity contribution is -0.138. The Hall–Kier alpha value is -2.60. The molecule has 1 saturated heterocycles. The quantitative estimate of drug-likeness (QED) is 0.697. The number of nitrogens with one attached hydrogen (secondary N) is 2. The van der Waals surface area contributed by atoms with E-state index in [4.69, 9.17) is 0 Å². The Balaban J connectivity index is 1.83. The fourth-order valence-corrected chi connectivity index (χ4v) is 4.11. The zero-order valence-corrected chi connectivity index (χ0v) is 14.7. The van der Waals surface area contributed by atoms with Crippen LogP contribution in [-0.2, 0) is 11.6 Å². The normalized spacial score (nSPS) is 17.0. The van der Waals surface area contributed by atoms with E-state index in [1.165, 1.54) is 12.1 Å². The first-order valence-corrected chi connectivity index (χ1v) is 8.98. The minimum atomic E-state index is -4.37. The molecule has 0 bridgehead atoms. The van der Waals surface area contributed by atoms with Crippen molar-refractivity contribution in [2.75, 3.05) is 13.1 Å². The molecule has 3 aromatic rings. The molecule has 140 valence electrons. The zero-order chi connectivity index (χ0) is 18.9. The molecule has 0 amide bonds. The highest BCUT2D eigenvalue weighted by atomic mass is 19.4. The van der Waals surface area contributed by atoms with Crippen LogP contribution in [0.3, 0.4) is 0 Å². The summed E-state index contributed by atoms with van der Waals surface area (Å²) in [6.45, 7) is 1.38. The van der Waals surface area contributed by atoms with E-state index >= 15 is 0 Å². The SMILES string of the molecule is FC(F)(F)c1ccccc1C1(c2ccc(-c3cn[nH]c3)cc2)CCNCC1. The number of hydrogen-bond acceptors (Lipinski definition) is 2. The first-order chi connectivity index (χ1) is 13.0. The molecule has 1 aliphatic heterocycles. The Morgan fingerprint density at radius 2 is 1.59 bits per heavy atom. The van der Waals surface area contributed by atoms with Gasteiger partial charge in [0.25, 0.3) is 0 Å². The number of H-pyrrole nitrogens is 1. The van der Waals surface area contributed by atoms with Gasteiger partial charge in [0.1, 0.15) is 0 Å². The van der Waals surface area contributed by atoms with Gasteiger partial charge in [-0.05, 0) is 48.7 Å². The predicted molar refractivity (Wildman–Crippen MR) is 98.4 cm³/mol. The Morgan fingerprint density at radius 1 is 0.889 bits per heavy atom. The van der Waals surface area contributed by atoms with E-state index < -0.39 is 17.2 Å². The maximum Gasteiger partial charge on any atom is 0.416 e. The number of hydrogen-bond donors (Lipinski definition) is 2. The van der Waals surface area contributed by atoms with Gasteiger partial charge in [0.2, 0.25) is 0 Å². The maximum absolute atomic E-state index is 13.7. The van der Waals surface area contributed by atoms with Crippen LogP contribution in [0.2, 0.25) is 0 Å². The van der Waals surface area contributed by atoms with E-state index in [0.717, 1.165) is 16.7 Å². The molecule has 0 radical (unpaired) electrons. The largest absolute Gasteiger partial charge is 0.416 e. The highest BCUT2D eigenvalue weighted by Crippen LogP contribution is 2.46. The number of nitrogens with zero attached hydrogens (tertiary/aromatic N) is 1. The molecule has 1 fully saturated rings. The molecule has 2 heterocycles. The van der Waals surface area contributed by atoms with Crippen LogP contribution in [0.15, 0.2) is 60.9 Å². The number of benzene rings is 2. The molecule has 2 aromatic carbocycles. The molecule has 0 unspecified atom stereocenters. The molecule has 0 aliphatic carbocycles. The van der Waals surface area contributed by atoms with Crippen molar-refractivity contribution < 1.29 is 13.2 Å². The fraction of sp³-hybridized carbons (Fsp3) is 0.286. The second kappa shape index (κ2) is 6.85. The molecular formula is C21H20F3N3. The summed E-state index contributed by atoms with van der Waals surface area (Å²) in [4.78, 5) is 0. The van der Waals surface area contributed by atoms with Crippen LogP contribution in [0.5, 0.6) is 0 Å². The van der Waals surface area contributed by atoms with Gasteiger partial charge in [-0.15, -0.1) is 0 Å². The van der Waals surface area contributed by atoms with Crippen LogP contribution in [0.25, 0.3) is 11.1 Å². The molecule has 1 aromatic heterocycles. The first kappa shape index (κ1) is 17.8. The van der Waals surface area contributed by atoms with E-state index in [2.05, 4.69) is 15.5 Å². The topological polar surface area (TPSA) is 40.7 Å². The smallest absolute Gasteiger partial charge is 0.317 e. The molecule has 3 nitrogen and oxygen atoms in total. The third-order valence-electron chi connectivity index (χ3n) is 5.47. The van der Waals surface area contributed by atoms with Crippen molar-refractivity contribution in [3.8, 4) is 11.1 Å². The van der Waals surface area contributed by atoms with Gasteiger partial charge >= 0.3 is 6.18 Å². The van der Waals surface area contributed by atoms with Gasteiger partial charge in [-0.1, -0.05) is 42.5 Å². The average molecular weight is 371 g/mol. The lowest BCUT2D eigenvalue weighted by Crippen LogP contribution is -2.41. The van der Waals surface area contributed by atoms with Gasteiger partial charge in [-0.2, -0.15) is 18.3 Å². The summed E-state index contributed by atoms with van der Waals surface area (Å²) in [7, 11) is 0. The van der Waals surface area contributed by atoms with Gasteiger partial charge in [-0.25, -0.2) is 0 Å². The van der Waals surface area contributed by atoms with Crippen molar-refractivity contribution in [2.45, 2.75) is 24.4 Å². The Labute approximate surface area is 155 Å². The average Bonchev–Trinajstić information content (AvgIpc) is 3.23. The van der Waals surface area contributed by atoms with Crippen molar-refractivity contribution in [2.24, 2.45) is 0 Å². The third kappa shape index (κ3) is 3.25. The summed E-state index contributed by atoms with van der Waals surface area (Å²) in [6.07, 6.45) is 0.421. The summed E-state index contributed by atoms with van der Waals surface area (Å²) in [6, 6.07) is 13.8. The van der Waals surface area contributed by atoms with Crippen molar-refractivity contribution >= 4 is 0 Å². The number of aromatic amines is 1. The van der Waals surface area contributed by atoms with Crippen LogP contribution in [0.4, 0.5) is 13.2 Å². The molecular weight excluding hydrogens is 351 g/mol. The van der Waals surface area contributed by atoms with Gasteiger partial charge in [0.15, 0.2) is 0 Å². The predicted octanol–water partition coefficient (Wildman–Crippen LogP) is 4.77. The minimum absolute atomic E-state index is 0.370.